The summed E-state index contributed by atoms with van der Waals surface area (Å²) in [6.45, 7) is 7.96. The first kappa shape index (κ1) is 15.0. The third-order valence-electron chi connectivity index (χ3n) is 3.55. The molecule has 0 aliphatic rings. The van der Waals surface area contributed by atoms with Gasteiger partial charge in [0.15, 0.2) is 0 Å². The summed E-state index contributed by atoms with van der Waals surface area (Å²) in [5, 5.41) is 8.99. The molecule has 0 radical (unpaired) electrons. The molecule has 0 heterocycles. The molecule has 0 aliphatic carbocycles. The highest BCUT2D eigenvalue weighted by atomic mass is 19.1. The molecule has 0 aliphatic heterocycles. The van der Waals surface area contributed by atoms with Crippen LogP contribution in [0.3, 0.4) is 0 Å². The minimum Gasteiger partial charge on any atom is -0.392 e. The van der Waals surface area contributed by atoms with Crippen LogP contribution in [0.4, 0.5) is 10.1 Å². The fourth-order valence-corrected chi connectivity index (χ4v) is 2.16. The molecular weight excluding hydrogens is 229 g/mol. The highest BCUT2D eigenvalue weighted by Gasteiger charge is 2.14. The van der Waals surface area contributed by atoms with Gasteiger partial charge in [-0.3, -0.25) is 0 Å². The molecule has 0 unspecified atom stereocenters. The van der Waals surface area contributed by atoms with Crippen LogP contribution >= 0.6 is 0 Å². The van der Waals surface area contributed by atoms with E-state index in [2.05, 4.69) is 18.7 Å². The van der Waals surface area contributed by atoms with Gasteiger partial charge in [0, 0.05) is 13.1 Å². The van der Waals surface area contributed by atoms with Gasteiger partial charge >= 0.3 is 0 Å². The van der Waals surface area contributed by atoms with Crippen molar-refractivity contribution in [3.8, 4) is 0 Å². The van der Waals surface area contributed by atoms with E-state index in [-0.39, 0.29) is 12.4 Å². The van der Waals surface area contributed by atoms with Crippen LogP contribution in [0, 0.1) is 11.7 Å². The molecule has 18 heavy (non-hydrogen) atoms. The molecule has 2 nitrogen and oxygen atoms in total. The smallest absolute Gasteiger partial charge is 0.146 e. The van der Waals surface area contributed by atoms with Crippen LogP contribution < -0.4 is 4.90 Å². The van der Waals surface area contributed by atoms with Crippen molar-refractivity contribution < 1.29 is 9.50 Å². The molecule has 0 fully saturated rings. The maximum Gasteiger partial charge on any atom is 0.146 e. The first-order valence-electron chi connectivity index (χ1n) is 6.80. The van der Waals surface area contributed by atoms with E-state index in [0.29, 0.717) is 17.2 Å². The monoisotopic (exact) mass is 253 g/mol. The van der Waals surface area contributed by atoms with Crippen molar-refractivity contribution >= 4 is 5.69 Å². The summed E-state index contributed by atoms with van der Waals surface area (Å²) in [7, 11) is 0. The lowest BCUT2D eigenvalue weighted by Crippen LogP contribution is -2.29. The van der Waals surface area contributed by atoms with Crippen molar-refractivity contribution in [1.29, 1.82) is 0 Å². The van der Waals surface area contributed by atoms with Crippen molar-refractivity contribution in [1.82, 2.24) is 0 Å². The molecule has 0 aromatic heterocycles. The second kappa shape index (κ2) is 7.37. The van der Waals surface area contributed by atoms with E-state index in [0.717, 1.165) is 25.9 Å². The fraction of sp³-hybridized carbons (Fsp3) is 0.600. The molecule has 0 atom stereocenters. The molecule has 0 amide bonds. The van der Waals surface area contributed by atoms with Crippen molar-refractivity contribution in [2.24, 2.45) is 5.92 Å². The van der Waals surface area contributed by atoms with E-state index < -0.39 is 0 Å². The minimum absolute atomic E-state index is 0.115. The average Bonchev–Trinajstić information content (AvgIpc) is 2.41. The van der Waals surface area contributed by atoms with Gasteiger partial charge in [-0.05, 0) is 30.5 Å². The molecule has 1 rings (SSSR count). The number of halogens is 1. The molecule has 0 bridgehead atoms. The van der Waals surface area contributed by atoms with Crippen LogP contribution in [0.2, 0.25) is 0 Å². The highest BCUT2D eigenvalue weighted by molar-refractivity contribution is 5.49. The number of hydrogen-bond acceptors (Lipinski definition) is 2. The molecule has 1 N–H and O–H groups in total. The fourth-order valence-electron chi connectivity index (χ4n) is 2.16. The summed E-state index contributed by atoms with van der Waals surface area (Å²) in [5.74, 6) is 0.358. The lowest BCUT2D eigenvalue weighted by atomic mass is 10.0. The number of hydrogen-bond donors (Lipinski definition) is 1. The maximum absolute atomic E-state index is 14.0. The second-order valence-corrected chi connectivity index (χ2v) is 4.67. The molecule has 0 saturated carbocycles. The van der Waals surface area contributed by atoms with Crippen molar-refractivity contribution in [3.63, 3.8) is 0 Å². The first-order valence-corrected chi connectivity index (χ1v) is 6.80. The maximum atomic E-state index is 14.0. The Hall–Kier alpha value is -1.09. The van der Waals surface area contributed by atoms with Gasteiger partial charge in [-0.15, -0.1) is 0 Å². The van der Waals surface area contributed by atoms with E-state index in [1.165, 1.54) is 6.07 Å². The van der Waals surface area contributed by atoms with Crippen molar-refractivity contribution in [2.75, 3.05) is 18.0 Å². The third kappa shape index (κ3) is 3.70. The Morgan fingerprint density at radius 2 is 1.89 bits per heavy atom. The van der Waals surface area contributed by atoms with E-state index in [1.807, 2.05) is 6.92 Å². The molecule has 102 valence electrons. The number of aliphatic hydroxyl groups excluding tert-OH is 1. The van der Waals surface area contributed by atoms with Gasteiger partial charge in [-0.1, -0.05) is 32.8 Å². The minimum atomic E-state index is -0.241. The number of aliphatic hydroxyl groups is 1. The zero-order valence-corrected chi connectivity index (χ0v) is 11.6. The van der Waals surface area contributed by atoms with Gasteiger partial charge in [0.1, 0.15) is 5.82 Å². The van der Waals surface area contributed by atoms with Gasteiger partial charge in [0.25, 0.3) is 0 Å². The van der Waals surface area contributed by atoms with E-state index in [4.69, 9.17) is 5.11 Å². The van der Waals surface area contributed by atoms with Gasteiger partial charge in [-0.25, -0.2) is 4.39 Å². The molecule has 0 spiro atoms. The largest absolute Gasteiger partial charge is 0.392 e. The van der Waals surface area contributed by atoms with Crippen LogP contribution in [0.5, 0.6) is 0 Å². The van der Waals surface area contributed by atoms with Crippen LogP contribution in [0.1, 0.15) is 39.2 Å². The topological polar surface area (TPSA) is 23.5 Å². The predicted octanol–water partition coefficient (Wildman–Crippen LogP) is 3.58. The molecule has 0 saturated heterocycles. The normalized spacial score (nSPS) is 11.0. The summed E-state index contributed by atoms with van der Waals surface area (Å²) in [6.07, 6.45) is 2.23. The van der Waals surface area contributed by atoms with Crippen LogP contribution in [0.25, 0.3) is 0 Å². The Morgan fingerprint density at radius 3 is 2.33 bits per heavy atom. The summed E-state index contributed by atoms with van der Waals surface area (Å²) in [4.78, 5) is 2.08. The second-order valence-electron chi connectivity index (χ2n) is 4.67. The summed E-state index contributed by atoms with van der Waals surface area (Å²) >= 11 is 0. The van der Waals surface area contributed by atoms with Crippen LogP contribution in [-0.2, 0) is 6.61 Å². The van der Waals surface area contributed by atoms with Crippen molar-refractivity contribution in [3.05, 3.63) is 29.6 Å². The predicted molar refractivity (Wildman–Crippen MR) is 74.3 cm³/mol. The summed E-state index contributed by atoms with van der Waals surface area (Å²) in [5.41, 5.74) is 1.26. The molecule has 1 aromatic rings. The molecular formula is C15H24FNO. The zero-order chi connectivity index (χ0) is 13.5. The number of nitrogens with zero attached hydrogens (tertiary/aromatic N) is 1. The quantitative estimate of drug-likeness (QED) is 0.803. The number of anilines is 1. The molecule has 3 heteroatoms. The van der Waals surface area contributed by atoms with Crippen LogP contribution in [-0.4, -0.2) is 18.2 Å². The standard InChI is InChI=1S/C15H24FNO/c1-4-12(5-2)10-17(6-3)15-8-7-13(11-18)9-14(15)16/h7-9,12,18H,4-6,10-11H2,1-3H3. The lowest BCUT2D eigenvalue weighted by Gasteiger charge is -2.28. The Morgan fingerprint density at radius 1 is 1.22 bits per heavy atom. The first-order chi connectivity index (χ1) is 8.65. The van der Waals surface area contributed by atoms with Gasteiger partial charge < -0.3 is 10.0 Å². The van der Waals surface area contributed by atoms with E-state index in [9.17, 15) is 4.39 Å². The van der Waals surface area contributed by atoms with Gasteiger partial charge in [0.05, 0.1) is 12.3 Å². The van der Waals surface area contributed by atoms with Crippen molar-refractivity contribution in [2.45, 2.75) is 40.2 Å². The summed E-state index contributed by atoms with van der Waals surface area (Å²) < 4.78 is 14.0. The number of benzene rings is 1. The third-order valence-corrected chi connectivity index (χ3v) is 3.55. The summed E-state index contributed by atoms with van der Waals surface area (Å²) in [6, 6.07) is 4.98. The Kier molecular flexibility index (Phi) is 6.13. The van der Waals surface area contributed by atoms with E-state index >= 15 is 0 Å². The Labute approximate surface area is 109 Å². The molecule has 1 aromatic carbocycles. The Bertz CT molecular complexity index is 364. The lowest BCUT2D eigenvalue weighted by molar-refractivity contribution is 0.281. The van der Waals surface area contributed by atoms with Gasteiger partial charge in [0.2, 0.25) is 0 Å². The Balaban J connectivity index is 2.87. The van der Waals surface area contributed by atoms with Gasteiger partial charge in [-0.2, -0.15) is 0 Å². The van der Waals surface area contributed by atoms with Crippen LogP contribution in [0.15, 0.2) is 18.2 Å². The average molecular weight is 253 g/mol. The number of rotatable bonds is 7. The zero-order valence-electron chi connectivity index (χ0n) is 11.6. The van der Waals surface area contributed by atoms with E-state index in [1.54, 1.807) is 12.1 Å². The SMILES string of the molecule is CCC(CC)CN(CC)c1ccc(CO)cc1F. The highest BCUT2D eigenvalue weighted by Crippen LogP contribution is 2.23.